The highest BCUT2D eigenvalue weighted by molar-refractivity contribution is 5.25. The van der Waals surface area contributed by atoms with Gasteiger partial charge in [-0.25, -0.2) is 8.78 Å². The maximum atomic E-state index is 13.6. The predicted octanol–water partition coefficient (Wildman–Crippen LogP) is 3.46. The van der Waals surface area contributed by atoms with Crippen LogP contribution in [0.1, 0.15) is 38.2 Å². The number of benzene rings is 1. The molecule has 0 saturated heterocycles. The molecular formula is C14H19F2N. The van der Waals surface area contributed by atoms with Gasteiger partial charge < -0.3 is 5.32 Å². The van der Waals surface area contributed by atoms with Gasteiger partial charge in [0.25, 0.3) is 0 Å². The summed E-state index contributed by atoms with van der Waals surface area (Å²) in [7, 11) is 0. The molecule has 1 aliphatic rings. The van der Waals surface area contributed by atoms with E-state index in [0.717, 1.165) is 19.4 Å². The monoisotopic (exact) mass is 239 g/mol. The summed E-state index contributed by atoms with van der Waals surface area (Å²) in [6.45, 7) is 5.07. The Kier molecular flexibility index (Phi) is 3.77. The van der Waals surface area contributed by atoms with Gasteiger partial charge in [0, 0.05) is 6.04 Å². The first-order valence-corrected chi connectivity index (χ1v) is 6.26. The van der Waals surface area contributed by atoms with E-state index in [1.807, 2.05) is 0 Å². The van der Waals surface area contributed by atoms with E-state index >= 15 is 0 Å². The number of rotatable bonds is 4. The molecule has 2 rings (SSSR count). The molecule has 0 heterocycles. The van der Waals surface area contributed by atoms with Crippen LogP contribution >= 0.6 is 0 Å². The second-order valence-electron chi connectivity index (χ2n) is 5.17. The lowest BCUT2D eigenvalue weighted by molar-refractivity contribution is 0.235. The number of hydrogen-bond acceptors (Lipinski definition) is 1. The van der Waals surface area contributed by atoms with Gasteiger partial charge in [0.15, 0.2) is 0 Å². The third kappa shape index (κ3) is 2.83. The summed E-state index contributed by atoms with van der Waals surface area (Å²) >= 11 is 0. The van der Waals surface area contributed by atoms with E-state index in [0.29, 0.717) is 17.5 Å². The van der Waals surface area contributed by atoms with Crippen molar-refractivity contribution in [3.05, 3.63) is 35.4 Å². The van der Waals surface area contributed by atoms with Crippen molar-refractivity contribution >= 4 is 0 Å². The fourth-order valence-electron chi connectivity index (χ4n) is 2.41. The van der Waals surface area contributed by atoms with Crippen molar-refractivity contribution in [2.75, 3.05) is 6.54 Å². The molecule has 17 heavy (non-hydrogen) atoms. The third-order valence-corrected chi connectivity index (χ3v) is 3.56. The van der Waals surface area contributed by atoms with Crippen LogP contribution in [-0.4, -0.2) is 12.6 Å². The minimum atomic E-state index is -0.344. The van der Waals surface area contributed by atoms with E-state index in [4.69, 9.17) is 0 Å². The topological polar surface area (TPSA) is 12.0 Å². The van der Waals surface area contributed by atoms with E-state index in [-0.39, 0.29) is 17.6 Å². The SMILES string of the molecule is CC(C)NCC1CCC1c1cc(F)ccc1F. The lowest BCUT2D eigenvalue weighted by atomic mass is 9.69. The molecule has 2 atom stereocenters. The second-order valence-corrected chi connectivity index (χ2v) is 5.17. The van der Waals surface area contributed by atoms with Crippen molar-refractivity contribution in [2.24, 2.45) is 5.92 Å². The van der Waals surface area contributed by atoms with Gasteiger partial charge in [-0.1, -0.05) is 13.8 Å². The standard InChI is InChI=1S/C14H19F2N/c1-9(2)17-8-10-3-5-12(10)13-7-11(15)4-6-14(13)16/h4,6-7,9-10,12,17H,3,5,8H2,1-2H3. The van der Waals surface area contributed by atoms with Gasteiger partial charge in [0.2, 0.25) is 0 Å². The van der Waals surface area contributed by atoms with E-state index in [2.05, 4.69) is 19.2 Å². The first-order chi connectivity index (χ1) is 8.08. The molecule has 2 unspecified atom stereocenters. The second kappa shape index (κ2) is 5.13. The molecule has 3 heteroatoms. The summed E-state index contributed by atoms with van der Waals surface area (Å²) in [4.78, 5) is 0. The van der Waals surface area contributed by atoms with E-state index in [1.165, 1.54) is 18.2 Å². The lowest BCUT2D eigenvalue weighted by Crippen LogP contribution is -2.37. The molecule has 0 aromatic heterocycles. The van der Waals surface area contributed by atoms with Crippen LogP contribution in [-0.2, 0) is 0 Å². The van der Waals surface area contributed by atoms with Crippen LogP contribution in [0.4, 0.5) is 8.78 Å². The highest BCUT2D eigenvalue weighted by atomic mass is 19.1. The summed E-state index contributed by atoms with van der Waals surface area (Å²) < 4.78 is 26.8. The molecular weight excluding hydrogens is 220 g/mol. The molecule has 1 aromatic carbocycles. The largest absolute Gasteiger partial charge is 0.314 e. The molecule has 1 aliphatic carbocycles. The molecule has 1 nitrogen and oxygen atoms in total. The number of halogens is 2. The fourth-order valence-corrected chi connectivity index (χ4v) is 2.41. The van der Waals surface area contributed by atoms with Crippen LogP contribution in [0.2, 0.25) is 0 Å². The average molecular weight is 239 g/mol. The van der Waals surface area contributed by atoms with Crippen molar-refractivity contribution < 1.29 is 8.78 Å². The molecule has 0 spiro atoms. The zero-order valence-corrected chi connectivity index (χ0v) is 10.3. The van der Waals surface area contributed by atoms with Crippen LogP contribution in [0, 0.1) is 17.6 Å². The van der Waals surface area contributed by atoms with E-state index in [1.54, 1.807) is 0 Å². The van der Waals surface area contributed by atoms with Gasteiger partial charge in [-0.3, -0.25) is 0 Å². The van der Waals surface area contributed by atoms with Crippen LogP contribution in [0.3, 0.4) is 0 Å². The molecule has 0 bridgehead atoms. The Balaban J connectivity index is 2.04. The summed E-state index contributed by atoms with van der Waals surface area (Å²) in [5.74, 6) is 0.000153. The van der Waals surface area contributed by atoms with Gasteiger partial charge >= 0.3 is 0 Å². The van der Waals surface area contributed by atoms with Crippen molar-refractivity contribution in [1.29, 1.82) is 0 Å². The molecule has 0 amide bonds. The molecule has 1 aromatic rings. The zero-order chi connectivity index (χ0) is 12.4. The van der Waals surface area contributed by atoms with Crippen molar-refractivity contribution in [2.45, 2.75) is 38.6 Å². The Morgan fingerprint density at radius 1 is 1.29 bits per heavy atom. The molecule has 1 N–H and O–H groups in total. The maximum absolute atomic E-state index is 13.6. The Morgan fingerprint density at radius 3 is 2.65 bits per heavy atom. The summed E-state index contributed by atoms with van der Waals surface area (Å²) in [6, 6.07) is 4.20. The molecule has 0 radical (unpaired) electrons. The van der Waals surface area contributed by atoms with Gasteiger partial charge in [0.05, 0.1) is 0 Å². The van der Waals surface area contributed by atoms with Gasteiger partial charge in [0.1, 0.15) is 11.6 Å². The average Bonchev–Trinajstić information content (AvgIpc) is 2.21. The Hall–Kier alpha value is -0.960. The van der Waals surface area contributed by atoms with Crippen molar-refractivity contribution in [3.63, 3.8) is 0 Å². The Morgan fingerprint density at radius 2 is 2.06 bits per heavy atom. The quantitative estimate of drug-likeness (QED) is 0.848. The predicted molar refractivity (Wildman–Crippen MR) is 65.0 cm³/mol. The molecule has 1 saturated carbocycles. The highest BCUT2D eigenvalue weighted by Gasteiger charge is 2.33. The van der Waals surface area contributed by atoms with E-state index in [9.17, 15) is 8.78 Å². The zero-order valence-electron chi connectivity index (χ0n) is 10.3. The van der Waals surface area contributed by atoms with E-state index < -0.39 is 0 Å². The highest BCUT2D eigenvalue weighted by Crippen LogP contribution is 2.43. The number of nitrogens with one attached hydrogen (secondary N) is 1. The minimum absolute atomic E-state index is 0.178. The molecule has 94 valence electrons. The summed E-state index contributed by atoms with van der Waals surface area (Å²) in [5.41, 5.74) is 0.548. The van der Waals surface area contributed by atoms with Crippen LogP contribution in [0.25, 0.3) is 0 Å². The van der Waals surface area contributed by atoms with Gasteiger partial charge in [-0.05, 0) is 55.0 Å². The van der Waals surface area contributed by atoms with Crippen molar-refractivity contribution in [1.82, 2.24) is 5.32 Å². The van der Waals surface area contributed by atoms with Crippen LogP contribution in [0.15, 0.2) is 18.2 Å². The molecule has 1 fully saturated rings. The molecule has 0 aliphatic heterocycles. The Bertz CT molecular complexity index is 390. The smallest absolute Gasteiger partial charge is 0.126 e. The fraction of sp³-hybridized carbons (Fsp3) is 0.571. The maximum Gasteiger partial charge on any atom is 0.126 e. The van der Waals surface area contributed by atoms with Gasteiger partial charge in [-0.2, -0.15) is 0 Å². The van der Waals surface area contributed by atoms with Crippen molar-refractivity contribution in [3.8, 4) is 0 Å². The van der Waals surface area contributed by atoms with Gasteiger partial charge in [-0.15, -0.1) is 0 Å². The first kappa shape index (κ1) is 12.5. The number of hydrogen-bond donors (Lipinski definition) is 1. The first-order valence-electron chi connectivity index (χ1n) is 6.26. The normalized spacial score (nSPS) is 23.8. The minimum Gasteiger partial charge on any atom is -0.314 e. The summed E-state index contributed by atoms with van der Waals surface area (Å²) in [6.07, 6.45) is 2.06. The van der Waals surface area contributed by atoms with Crippen LogP contribution in [0.5, 0.6) is 0 Å². The van der Waals surface area contributed by atoms with Crippen LogP contribution < -0.4 is 5.32 Å². The Labute approximate surface area is 101 Å². The lowest BCUT2D eigenvalue weighted by Gasteiger charge is -2.38. The third-order valence-electron chi connectivity index (χ3n) is 3.56. The summed E-state index contributed by atoms with van der Waals surface area (Å²) in [5, 5.41) is 3.37.